The number of H-pyrrole nitrogens is 1. The number of nitrogens with zero attached hydrogens (tertiary/aromatic N) is 4. The first-order valence-corrected chi connectivity index (χ1v) is 9.57. The van der Waals surface area contributed by atoms with Crippen molar-refractivity contribution in [1.29, 1.82) is 5.26 Å². The summed E-state index contributed by atoms with van der Waals surface area (Å²) in [5.74, 6) is -1.53. The van der Waals surface area contributed by atoms with Crippen LogP contribution in [0.5, 0.6) is 11.5 Å². The highest BCUT2D eigenvalue weighted by atomic mass is 19.4. The Hall–Kier alpha value is -4.08. The molecule has 0 radical (unpaired) electrons. The average Bonchev–Trinajstić information content (AvgIpc) is 2.73. The Morgan fingerprint density at radius 1 is 1.21 bits per heavy atom. The minimum Gasteiger partial charge on any atom is -0.449 e. The molecule has 0 spiro atoms. The number of alkyl halides is 5. The van der Waals surface area contributed by atoms with Crippen molar-refractivity contribution in [3.05, 3.63) is 78.6 Å². The van der Waals surface area contributed by atoms with Crippen LogP contribution in [0.15, 0.2) is 28.0 Å². The second-order valence-electron chi connectivity index (χ2n) is 7.27. The van der Waals surface area contributed by atoms with E-state index in [1.54, 1.807) is 6.07 Å². The van der Waals surface area contributed by atoms with E-state index in [-0.39, 0.29) is 22.4 Å². The van der Waals surface area contributed by atoms with Gasteiger partial charge < -0.3 is 9.72 Å². The van der Waals surface area contributed by atoms with Crippen molar-refractivity contribution in [2.45, 2.75) is 39.9 Å². The molecule has 0 atom stereocenters. The third-order valence-electron chi connectivity index (χ3n) is 4.90. The highest BCUT2D eigenvalue weighted by Gasteiger charge is 2.39. The van der Waals surface area contributed by atoms with Crippen LogP contribution in [-0.4, -0.2) is 19.5 Å². The van der Waals surface area contributed by atoms with Crippen LogP contribution in [0.25, 0.3) is 0 Å². The zero-order valence-corrected chi connectivity index (χ0v) is 17.9. The molecule has 1 N–H and O–H groups in total. The summed E-state index contributed by atoms with van der Waals surface area (Å²) in [6.07, 6.45) is -7.58. The van der Waals surface area contributed by atoms with E-state index in [9.17, 15) is 36.8 Å². The van der Waals surface area contributed by atoms with Gasteiger partial charge in [0.2, 0.25) is 5.75 Å². The lowest BCUT2D eigenvalue weighted by Crippen LogP contribution is -2.29. The summed E-state index contributed by atoms with van der Waals surface area (Å²) in [7, 11) is 0. The first-order chi connectivity index (χ1) is 15.8. The first kappa shape index (κ1) is 24.6. The number of aryl methyl sites for hydroxylation is 2. The number of nitriles is 1. The highest BCUT2D eigenvalue weighted by molar-refractivity contribution is 5.50. The normalized spacial score (nSPS) is 11.5. The molecule has 0 amide bonds. The Labute approximate surface area is 188 Å². The standard InChI is InChI=1S/C21H16F5N5O3/c1-9-13(6-27)4-12(18(22)23)5-15(9)34-16-17(21(24,25)26)28-8-31(20(16)33)7-14-10(2)29-11(3)30-19(14)32/h4-5,8,18H,7H2,1-3H3,(H,29,30,32). The van der Waals surface area contributed by atoms with E-state index in [0.717, 1.165) is 12.1 Å². The fraction of sp³-hybridized carbons (Fsp3) is 0.286. The maximum absolute atomic E-state index is 13.6. The van der Waals surface area contributed by atoms with Gasteiger partial charge in [0.25, 0.3) is 17.5 Å². The van der Waals surface area contributed by atoms with E-state index >= 15 is 0 Å². The molecule has 8 nitrogen and oxygen atoms in total. The molecule has 0 aliphatic carbocycles. The zero-order chi connectivity index (χ0) is 25.4. The summed E-state index contributed by atoms with van der Waals surface area (Å²) in [4.78, 5) is 35.0. The Kier molecular flexibility index (Phi) is 6.53. The van der Waals surface area contributed by atoms with Gasteiger partial charge in [-0.3, -0.25) is 14.2 Å². The predicted octanol–water partition coefficient (Wildman–Crippen LogP) is 3.92. The van der Waals surface area contributed by atoms with Gasteiger partial charge in [-0.1, -0.05) is 0 Å². The van der Waals surface area contributed by atoms with Crippen LogP contribution in [0.1, 0.15) is 45.9 Å². The van der Waals surface area contributed by atoms with Crippen LogP contribution >= 0.6 is 0 Å². The van der Waals surface area contributed by atoms with Gasteiger partial charge in [0, 0.05) is 16.8 Å². The minimum absolute atomic E-state index is 0.00264. The SMILES string of the molecule is Cc1nc(C)c(Cn2cnc(C(F)(F)F)c(Oc3cc(C(F)F)cc(C#N)c3C)c2=O)c(=O)[nH]1. The van der Waals surface area contributed by atoms with Gasteiger partial charge in [0.1, 0.15) is 11.6 Å². The van der Waals surface area contributed by atoms with Gasteiger partial charge in [0.05, 0.1) is 30.1 Å². The summed E-state index contributed by atoms with van der Waals surface area (Å²) >= 11 is 0. The topological polar surface area (TPSA) is 114 Å². The minimum atomic E-state index is -5.13. The van der Waals surface area contributed by atoms with Crippen LogP contribution in [-0.2, 0) is 12.7 Å². The Morgan fingerprint density at radius 3 is 2.44 bits per heavy atom. The molecular formula is C21H16F5N5O3. The summed E-state index contributed by atoms with van der Waals surface area (Å²) in [6.45, 7) is 3.81. The summed E-state index contributed by atoms with van der Waals surface area (Å²) < 4.78 is 73.1. The van der Waals surface area contributed by atoms with Gasteiger partial charge in [-0.15, -0.1) is 0 Å². The molecule has 178 valence electrons. The fourth-order valence-corrected chi connectivity index (χ4v) is 3.15. The van der Waals surface area contributed by atoms with Crippen molar-refractivity contribution in [2.75, 3.05) is 0 Å². The average molecular weight is 481 g/mol. The number of aromatic amines is 1. The lowest BCUT2D eigenvalue weighted by Gasteiger charge is -2.17. The maximum atomic E-state index is 13.6. The maximum Gasteiger partial charge on any atom is 0.437 e. The molecule has 13 heteroatoms. The number of rotatable bonds is 5. The van der Waals surface area contributed by atoms with Gasteiger partial charge in [-0.2, -0.15) is 18.4 Å². The number of nitrogens with one attached hydrogen (secondary N) is 1. The molecule has 0 unspecified atom stereocenters. The molecule has 0 aliphatic heterocycles. The molecule has 1 aromatic carbocycles. The van der Waals surface area contributed by atoms with Crippen molar-refractivity contribution >= 4 is 0 Å². The van der Waals surface area contributed by atoms with E-state index in [1.165, 1.54) is 20.8 Å². The number of hydrogen-bond acceptors (Lipinski definition) is 6. The summed E-state index contributed by atoms with van der Waals surface area (Å²) in [5, 5.41) is 9.19. The predicted molar refractivity (Wildman–Crippen MR) is 108 cm³/mol. The summed E-state index contributed by atoms with van der Waals surface area (Å²) in [6, 6.07) is 3.28. The van der Waals surface area contributed by atoms with Crippen LogP contribution in [0, 0.1) is 32.1 Å². The second-order valence-corrected chi connectivity index (χ2v) is 7.27. The van der Waals surface area contributed by atoms with Crippen molar-refractivity contribution in [1.82, 2.24) is 19.5 Å². The lowest BCUT2D eigenvalue weighted by atomic mass is 10.0. The molecule has 0 aliphatic rings. The van der Waals surface area contributed by atoms with E-state index in [4.69, 9.17) is 4.74 Å². The molecule has 0 saturated carbocycles. The van der Waals surface area contributed by atoms with Crippen LogP contribution in [0.4, 0.5) is 22.0 Å². The van der Waals surface area contributed by atoms with E-state index in [0.29, 0.717) is 16.7 Å². The van der Waals surface area contributed by atoms with Crippen molar-refractivity contribution in [2.24, 2.45) is 0 Å². The second kappa shape index (κ2) is 9.05. The molecule has 3 rings (SSSR count). The molecule has 2 heterocycles. The van der Waals surface area contributed by atoms with E-state index < -0.39 is 53.0 Å². The Morgan fingerprint density at radius 2 is 1.88 bits per heavy atom. The first-order valence-electron chi connectivity index (χ1n) is 9.57. The highest BCUT2D eigenvalue weighted by Crippen LogP contribution is 2.37. The third kappa shape index (κ3) is 4.80. The number of benzene rings is 1. The van der Waals surface area contributed by atoms with Crippen LogP contribution in [0.2, 0.25) is 0 Å². The molecule has 0 fully saturated rings. The monoisotopic (exact) mass is 481 g/mol. The van der Waals surface area contributed by atoms with Gasteiger partial charge >= 0.3 is 6.18 Å². The van der Waals surface area contributed by atoms with Crippen molar-refractivity contribution in [3.8, 4) is 17.6 Å². The molecule has 0 bridgehead atoms. The quantitative estimate of drug-likeness (QED) is 0.553. The zero-order valence-electron chi connectivity index (χ0n) is 17.9. The molecule has 34 heavy (non-hydrogen) atoms. The Bertz CT molecular complexity index is 1420. The summed E-state index contributed by atoms with van der Waals surface area (Å²) in [5.41, 5.74) is -4.36. The number of aromatic nitrogens is 4. The van der Waals surface area contributed by atoms with Gasteiger partial charge in [0.15, 0.2) is 5.69 Å². The van der Waals surface area contributed by atoms with E-state index in [2.05, 4.69) is 15.0 Å². The molecule has 2 aromatic heterocycles. The lowest BCUT2D eigenvalue weighted by molar-refractivity contribution is -0.142. The largest absolute Gasteiger partial charge is 0.449 e. The third-order valence-corrected chi connectivity index (χ3v) is 4.90. The number of hydrogen-bond donors (Lipinski definition) is 1. The van der Waals surface area contributed by atoms with Crippen molar-refractivity contribution in [3.63, 3.8) is 0 Å². The van der Waals surface area contributed by atoms with Crippen LogP contribution < -0.4 is 15.9 Å². The molecular weight excluding hydrogens is 465 g/mol. The number of ether oxygens (including phenoxy) is 1. The van der Waals surface area contributed by atoms with E-state index in [1.807, 2.05) is 0 Å². The van der Waals surface area contributed by atoms with Crippen LogP contribution in [0.3, 0.4) is 0 Å². The Balaban J connectivity index is 2.20. The molecule has 0 saturated heterocycles. The smallest absolute Gasteiger partial charge is 0.437 e. The van der Waals surface area contributed by atoms with Gasteiger partial charge in [-0.05, 0) is 32.9 Å². The number of halogens is 5. The molecule has 3 aromatic rings. The van der Waals surface area contributed by atoms with Crippen molar-refractivity contribution < 1.29 is 26.7 Å². The van der Waals surface area contributed by atoms with Gasteiger partial charge in [-0.25, -0.2) is 18.7 Å². The fourth-order valence-electron chi connectivity index (χ4n) is 3.15.